The fraction of sp³-hybridized carbons (Fsp3) is 0.185. The number of carbonyl (C=O) groups excluding carboxylic acids is 1. The number of benzene rings is 3. The van der Waals surface area contributed by atoms with Crippen molar-refractivity contribution in [2.75, 3.05) is 4.90 Å². The summed E-state index contributed by atoms with van der Waals surface area (Å²) in [6.07, 6.45) is 0. The number of halogens is 2. The van der Waals surface area contributed by atoms with E-state index in [1.165, 1.54) is 0 Å². The number of hydrogen-bond acceptors (Lipinski definition) is 3. The van der Waals surface area contributed by atoms with Crippen LogP contribution in [0.5, 0.6) is 0 Å². The van der Waals surface area contributed by atoms with Crippen molar-refractivity contribution in [2.45, 2.75) is 32.2 Å². The quantitative estimate of drug-likeness (QED) is 0.308. The molecular formula is C27H21Cl2NO3. The molecule has 0 aliphatic carbocycles. The molecule has 0 fully saturated rings. The molecule has 1 aliphatic heterocycles. The first-order valence-electron chi connectivity index (χ1n) is 10.6. The standard InChI is InChI=1S/C27H21Cl2NO3/c1-27(2,3)16-9-7-15(8-10-16)23-22-24(31)20-14-18(29)11-12-21(20)33-25(22)26(32)30(23)19-6-4-5-17(28)13-19/h4-14,23H,1-3H3. The van der Waals surface area contributed by atoms with E-state index in [1.807, 2.05) is 24.3 Å². The maximum absolute atomic E-state index is 13.6. The monoisotopic (exact) mass is 477 g/mol. The summed E-state index contributed by atoms with van der Waals surface area (Å²) in [6, 6.07) is 19.2. The third-order valence-electron chi connectivity index (χ3n) is 6.01. The first-order valence-corrected chi connectivity index (χ1v) is 11.4. The van der Waals surface area contributed by atoms with Crippen molar-refractivity contribution in [1.29, 1.82) is 0 Å². The van der Waals surface area contributed by atoms with Crippen LogP contribution in [-0.2, 0) is 5.41 Å². The average molecular weight is 478 g/mol. The highest BCUT2D eigenvalue weighted by Crippen LogP contribution is 2.42. The van der Waals surface area contributed by atoms with Gasteiger partial charge in [-0.05, 0) is 52.9 Å². The Labute approximate surface area is 201 Å². The SMILES string of the molecule is CC(C)(C)c1ccc(C2c3c(oc4ccc(Cl)cc4c3=O)C(=O)N2c2cccc(Cl)c2)cc1. The minimum absolute atomic E-state index is 0.0272. The first kappa shape index (κ1) is 21.7. The van der Waals surface area contributed by atoms with Crippen molar-refractivity contribution in [3.05, 3.63) is 109 Å². The Kier molecular flexibility index (Phi) is 5.11. The summed E-state index contributed by atoms with van der Waals surface area (Å²) in [6.45, 7) is 6.41. The second kappa shape index (κ2) is 7.75. The van der Waals surface area contributed by atoms with Crippen molar-refractivity contribution in [1.82, 2.24) is 0 Å². The number of fused-ring (bicyclic) bond motifs is 2. The highest BCUT2D eigenvalue weighted by Gasteiger charge is 2.43. The lowest BCUT2D eigenvalue weighted by Crippen LogP contribution is -2.29. The zero-order chi connectivity index (χ0) is 23.5. The zero-order valence-corrected chi connectivity index (χ0v) is 19.9. The maximum Gasteiger partial charge on any atom is 0.295 e. The number of nitrogens with zero attached hydrogens (tertiary/aromatic N) is 1. The molecule has 2 heterocycles. The van der Waals surface area contributed by atoms with E-state index in [1.54, 1.807) is 47.4 Å². The van der Waals surface area contributed by atoms with Crippen LogP contribution in [0.25, 0.3) is 11.0 Å². The van der Waals surface area contributed by atoms with E-state index >= 15 is 0 Å². The molecule has 6 heteroatoms. The van der Waals surface area contributed by atoms with E-state index in [4.69, 9.17) is 27.6 Å². The van der Waals surface area contributed by atoms with Gasteiger partial charge in [-0.2, -0.15) is 0 Å². The molecule has 5 rings (SSSR count). The van der Waals surface area contributed by atoms with Crippen LogP contribution in [0.2, 0.25) is 10.0 Å². The summed E-state index contributed by atoms with van der Waals surface area (Å²) in [5, 5.41) is 1.27. The van der Waals surface area contributed by atoms with Crippen molar-refractivity contribution in [2.24, 2.45) is 0 Å². The normalized spacial score (nSPS) is 15.8. The molecule has 4 aromatic rings. The average Bonchev–Trinajstić information content (AvgIpc) is 3.06. The highest BCUT2D eigenvalue weighted by atomic mass is 35.5. The summed E-state index contributed by atoms with van der Waals surface area (Å²) >= 11 is 12.4. The van der Waals surface area contributed by atoms with Crippen LogP contribution in [0.1, 0.15) is 54.1 Å². The van der Waals surface area contributed by atoms with Gasteiger partial charge in [0.1, 0.15) is 5.58 Å². The smallest absolute Gasteiger partial charge is 0.295 e. The third kappa shape index (κ3) is 3.64. The summed E-state index contributed by atoms with van der Waals surface area (Å²) in [7, 11) is 0. The Morgan fingerprint density at radius 2 is 1.58 bits per heavy atom. The van der Waals surface area contributed by atoms with Crippen molar-refractivity contribution >= 4 is 45.8 Å². The molecule has 0 saturated carbocycles. The molecule has 1 amide bonds. The predicted octanol–water partition coefficient (Wildman–Crippen LogP) is 7.15. The number of amides is 1. The Balaban J connectivity index is 1.78. The Hall–Kier alpha value is -3.08. The van der Waals surface area contributed by atoms with Crippen molar-refractivity contribution < 1.29 is 9.21 Å². The highest BCUT2D eigenvalue weighted by molar-refractivity contribution is 6.31. The van der Waals surface area contributed by atoms with Gasteiger partial charge in [-0.3, -0.25) is 14.5 Å². The number of hydrogen-bond donors (Lipinski definition) is 0. The minimum Gasteiger partial charge on any atom is -0.450 e. The maximum atomic E-state index is 13.6. The first-order chi connectivity index (χ1) is 15.6. The lowest BCUT2D eigenvalue weighted by atomic mass is 9.86. The van der Waals surface area contributed by atoms with Crippen LogP contribution in [-0.4, -0.2) is 5.91 Å². The molecule has 1 unspecified atom stereocenters. The van der Waals surface area contributed by atoms with Gasteiger partial charge in [-0.25, -0.2) is 0 Å². The largest absolute Gasteiger partial charge is 0.450 e. The topological polar surface area (TPSA) is 50.5 Å². The fourth-order valence-corrected chi connectivity index (χ4v) is 4.67. The van der Waals surface area contributed by atoms with Gasteiger partial charge in [0.05, 0.1) is 17.0 Å². The molecule has 4 nitrogen and oxygen atoms in total. The van der Waals surface area contributed by atoms with Crippen LogP contribution < -0.4 is 10.3 Å². The molecule has 33 heavy (non-hydrogen) atoms. The summed E-state index contributed by atoms with van der Waals surface area (Å²) in [5.74, 6) is -0.342. The van der Waals surface area contributed by atoms with Crippen LogP contribution in [0, 0.1) is 0 Å². The number of rotatable bonds is 2. The molecule has 0 radical (unpaired) electrons. The summed E-state index contributed by atoms with van der Waals surface area (Å²) in [5.41, 5.74) is 2.89. The Morgan fingerprint density at radius 3 is 2.24 bits per heavy atom. The third-order valence-corrected chi connectivity index (χ3v) is 6.48. The van der Waals surface area contributed by atoms with Crippen LogP contribution >= 0.6 is 23.2 Å². The fourth-order valence-electron chi connectivity index (χ4n) is 4.32. The Morgan fingerprint density at radius 1 is 0.879 bits per heavy atom. The van der Waals surface area contributed by atoms with E-state index in [0.29, 0.717) is 32.3 Å². The molecule has 1 aromatic heterocycles. The molecule has 3 aromatic carbocycles. The molecular weight excluding hydrogens is 457 g/mol. The van der Waals surface area contributed by atoms with Gasteiger partial charge in [0, 0.05) is 15.7 Å². The van der Waals surface area contributed by atoms with E-state index < -0.39 is 6.04 Å². The van der Waals surface area contributed by atoms with Gasteiger partial charge in [0.2, 0.25) is 5.76 Å². The van der Waals surface area contributed by atoms with Crippen LogP contribution in [0.3, 0.4) is 0 Å². The van der Waals surface area contributed by atoms with Crippen LogP contribution in [0.15, 0.2) is 75.9 Å². The molecule has 0 bridgehead atoms. The second-order valence-electron chi connectivity index (χ2n) is 9.24. The number of anilines is 1. The van der Waals surface area contributed by atoms with Gasteiger partial charge in [0.15, 0.2) is 5.43 Å². The molecule has 0 saturated heterocycles. The van der Waals surface area contributed by atoms with Gasteiger partial charge in [0.25, 0.3) is 5.91 Å². The second-order valence-corrected chi connectivity index (χ2v) is 10.1. The van der Waals surface area contributed by atoms with Crippen molar-refractivity contribution in [3.8, 4) is 0 Å². The zero-order valence-electron chi connectivity index (χ0n) is 18.4. The predicted molar refractivity (Wildman–Crippen MR) is 133 cm³/mol. The molecule has 0 N–H and O–H groups in total. The lowest BCUT2D eigenvalue weighted by molar-refractivity contribution is 0.0971. The van der Waals surface area contributed by atoms with Gasteiger partial charge in [-0.15, -0.1) is 0 Å². The van der Waals surface area contributed by atoms with E-state index in [9.17, 15) is 9.59 Å². The molecule has 166 valence electrons. The molecule has 1 aliphatic rings. The summed E-state index contributed by atoms with van der Waals surface area (Å²) < 4.78 is 5.98. The van der Waals surface area contributed by atoms with Crippen LogP contribution in [0.4, 0.5) is 5.69 Å². The Bertz CT molecular complexity index is 1470. The van der Waals surface area contributed by atoms with Crippen molar-refractivity contribution in [3.63, 3.8) is 0 Å². The molecule has 1 atom stereocenters. The van der Waals surface area contributed by atoms with E-state index in [-0.39, 0.29) is 22.5 Å². The minimum atomic E-state index is -0.653. The van der Waals surface area contributed by atoms with E-state index in [0.717, 1.165) is 11.1 Å². The molecule has 0 spiro atoms. The van der Waals surface area contributed by atoms with Gasteiger partial charge < -0.3 is 4.42 Å². The van der Waals surface area contributed by atoms with E-state index in [2.05, 4.69) is 20.8 Å². The van der Waals surface area contributed by atoms with Gasteiger partial charge >= 0.3 is 0 Å². The summed E-state index contributed by atoms with van der Waals surface area (Å²) in [4.78, 5) is 28.8. The lowest BCUT2D eigenvalue weighted by Gasteiger charge is -2.26. The number of carbonyl (C=O) groups is 1. The van der Waals surface area contributed by atoms with Gasteiger partial charge in [-0.1, -0.05) is 74.3 Å².